The van der Waals surface area contributed by atoms with Crippen LogP contribution in [0, 0.1) is 0 Å². The largest absolute Gasteiger partial charge is 0.494 e. The highest BCUT2D eigenvalue weighted by Crippen LogP contribution is 2.32. The quantitative estimate of drug-likeness (QED) is 0.263. The van der Waals surface area contributed by atoms with E-state index in [1.54, 1.807) is 0 Å². The first-order valence-electron chi connectivity index (χ1n) is 12.3. The van der Waals surface area contributed by atoms with Gasteiger partial charge in [-0.15, -0.1) is 0 Å². The molecule has 3 rings (SSSR count). The third-order valence-corrected chi connectivity index (χ3v) is 5.72. The van der Waals surface area contributed by atoms with Gasteiger partial charge in [-0.1, -0.05) is 38.1 Å². The zero-order chi connectivity index (χ0) is 23.5. The van der Waals surface area contributed by atoms with Gasteiger partial charge in [-0.05, 0) is 69.2 Å². The van der Waals surface area contributed by atoms with E-state index in [-0.39, 0.29) is 0 Å². The van der Waals surface area contributed by atoms with Crippen molar-refractivity contribution >= 4 is 0 Å². The Balaban J connectivity index is 1.64. The summed E-state index contributed by atoms with van der Waals surface area (Å²) in [7, 11) is 0. The monoisotopic (exact) mass is 447 g/mol. The fourth-order valence-electron chi connectivity index (χ4n) is 4.08. The molecule has 2 aromatic carbocycles. The van der Waals surface area contributed by atoms with E-state index in [4.69, 9.17) is 19.2 Å². The number of aromatic nitrogens is 1. The van der Waals surface area contributed by atoms with Crippen molar-refractivity contribution in [3.63, 3.8) is 0 Å². The van der Waals surface area contributed by atoms with E-state index in [0.717, 1.165) is 60.6 Å². The molecule has 0 spiro atoms. The number of unbranched alkanes of at least 4 members (excludes halogenated alkanes) is 1. The van der Waals surface area contributed by atoms with Crippen molar-refractivity contribution < 1.29 is 14.2 Å². The van der Waals surface area contributed by atoms with Crippen LogP contribution < -0.4 is 14.2 Å². The first-order chi connectivity index (χ1) is 16.2. The molecule has 0 N–H and O–H groups in total. The van der Waals surface area contributed by atoms with Gasteiger partial charge in [0.15, 0.2) is 0 Å². The topological polar surface area (TPSA) is 40.6 Å². The molecule has 0 amide bonds. The second-order valence-electron chi connectivity index (χ2n) is 7.98. The molecular weight excluding hydrogens is 410 g/mol. The van der Waals surface area contributed by atoms with Crippen LogP contribution in [0.1, 0.15) is 57.2 Å². The van der Waals surface area contributed by atoms with Crippen LogP contribution in [0.15, 0.2) is 54.7 Å². The first-order valence-corrected chi connectivity index (χ1v) is 12.3. The Morgan fingerprint density at radius 2 is 1.36 bits per heavy atom. The second-order valence-corrected chi connectivity index (χ2v) is 7.98. The van der Waals surface area contributed by atoms with Crippen molar-refractivity contribution in [1.82, 2.24) is 4.98 Å². The molecule has 0 bridgehead atoms. The average molecular weight is 448 g/mol. The van der Waals surface area contributed by atoms with Crippen LogP contribution in [0.25, 0.3) is 11.3 Å². The number of rotatable bonds is 13. The second kappa shape index (κ2) is 12.9. The maximum Gasteiger partial charge on any atom is 0.126 e. The van der Waals surface area contributed by atoms with Gasteiger partial charge in [0.25, 0.3) is 0 Å². The molecule has 1 heterocycles. The lowest BCUT2D eigenvalue weighted by Gasteiger charge is -2.16. The highest BCUT2D eigenvalue weighted by atomic mass is 16.5. The van der Waals surface area contributed by atoms with Crippen molar-refractivity contribution in [2.45, 2.75) is 59.8 Å². The Hall–Kier alpha value is -3.01. The summed E-state index contributed by atoms with van der Waals surface area (Å²) in [5.74, 6) is 2.64. The Bertz CT molecular complexity index is 993. The highest BCUT2D eigenvalue weighted by molar-refractivity contribution is 5.69. The van der Waals surface area contributed by atoms with E-state index in [1.807, 2.05) is 44.3 Å². The minimum Gasteiger partial charge on any atom is -0.494 e. The van der Waals surface area contributed by atoms with E-state index in [0.29, 0.717) is 19.8 Å². The summed E-state index contributed by atoms with van der Waals surface area (Å²) >= 11 is 0. The molecule has 176 valence electrons. The molecule has 0 aliphatic carbocycles. The smallest absolute Gasteiger partial charge is 0.126 e. The van der Waals surface area contributed by atoms with Crippen LogP contribution in [0.5, 0.6) is 17.2 Å². The van der Waals surface area contributed by atoms with Gasteiger partial charge in [-0.3, -0.25) is 4.98 Å². The fraction of sp³-hybridized carbons (Fsp3) is 0.414. The zero-order valence-electron chi connectivity index (χ0n) is 20.5. The van der Waals surface area contributed by atoms with Gasteiger partial charge in [-0.2, -0.15) is 0 Å². The molecule has 0 saturated heterocycles. The normalized spacial score (nSPS) is 10.8. The van der Waals surface area contributed by atoms with Crippen LogP contribution in [-0.4, -0.2) is 24.8 Å². The van der Waals surface area contributed by atoms with Gasteiger partial charge in [0.1, 0.15) is 17.2 Å². The molecule has 0 unspecified atom stereocenters. The van der Waals surface area contributed by atoms with Gasteiger partial charge in [-0.25, -0.2) is 0 Å². The lowest BCUT2D eigenvalue weighted by Crippen LogP contribution is -2.03. The van der Waals surface area contributed by atoms with Gasteiger partial charge < -0.3 is 14.2 Å². The maximum absolute atomic E-state index is 6.02. The summed E-state index contributed by atoms with van der Waals surface area (Å²) in [6.07, 6.45) is 6.87. The molecule has 3 aromatic rings. The number of hydrogen-bond acceptors (Lipinski definition) is 4. The Morgan fingerprint density at radius 3 is 2.03 bits per heavy atom. The zero-order valence-corrected chi connectivity index (χ0v) is 20.5. The van der Waals surface area contributed by atoms with Crippen LogP contribution in [0.4, 0.5) is 0 Å². The van der Waals surface area contributed by atoms with Crippen LogP contribution in [0.3, 0.4) is 0 Å². The Morgan fingerprint density at radius 1 is 0.697 bits per heavy atom. The number of hydrogen-bond donors (Lipinski definition) is 0. The number of nitrogens with zero attached hydrogens (tertiary/aromatic N) is 1. The van der Waals surface area contributed by atoms with Crippen molar-refractivity contribution in [3.8, 4) is 28.5 Å². The number of benzene rings is 2. The van der Waals surface area contributed by atoms with E-state index >= 15 is 0 Å². The predicted octanol–water partition coefficient (Wildman–Crippen LogP) is 7.07. The highest BCUT2D eigenvalue weighted by Gasteiger charge is 2.13. The molecule has 33 heavy (non-hydrogen) atoms. The SMILES string of the molecule is CCOc1cccc(OCCCCc2cnc(-c3c(CC)cccc3CC)cc2OCC)c1. The van der Waals surface area contributed by atoms with E-state index < -0.39 is 0 Å². The Labute approximate surface area is 198 Å². The molecule has 0 aliphatic heterocycles. The molecule has 4 heteroatoms. The number of aryl methyl sites for hydroxylation is 3. The molecule has 0 aliphatic rings. The molecule has 0 saturated carbocycles. The summed E-state index contributed by atoms with van der Waals surface area (Å²) in [6, 6.07) is 16.5. The van der Waals surface area contributed by atoms with E-state index in [1.165, 1.54) is 16.7 Å². The average Bonchev–Trinajstić information content (AvgIpc) is 2.84. The number of pyridine rings is 1. The van der Waals surface area contributed by atoms with Gasteiger partial charge in [0.05, 0.1) is 25.5 Å². The molecule has 0 radical (unpaired) electrons. The lowest BCUT2D eigenvalue weighted by molar-refractivity contribution is 0.299. The molecule has 0 fully saturated rings. The van der Waals surface area contributed by atoms with E-state index in [9.17, 15) is 0 Å². The van der Waals surface area contributed by atoms with E-state index in [2.05, 4.69) is 38.1 Å². The van der Waals surface area contributed by atoms with Crippen molar-refractivity contribution in [3.05, 3.63) is 71.4 Å². The fourth-order valence-corrected chi connectivity index (χ4v) is 4.08. The number of ether oxygens (including phenoxy) is 3. The standard InChI is InChI=1S/C29H37NO3/c1-5-22-14-11-15-23(6-2)29(22)27-20-28(32-8-4)24(21-30-27)13-9-10-18-33-26-17-12-16-25(19-26)31-7-3/h11-12,14-17,19-21H,5-10,13,18H2,1-4H3. The van der Waals surface area contributed by atoms with Crippen LogP contribution >= 0.6 is 0 Å². The van der Waals surface area contributed by atoms with Gasteiger partial charge in [0, 0.05) is 29.5 Å². The first kappa shape index (κ1) is 24.6. The minimum atomic E-state index is 0.645. The Kier molecular flexibility index (Phi) is 9.61. The summed E-state index contributed by atoms with van der Waals surface area (Å²) < 4.78 is 17.5. The van der Waals surface area contributed by atoms with Crippen molar-refractivity contribution in [2.24, 2.45) is 0 Å². The van der Waals surface area contributed by atoms with Crippen LogP contribution in [0.2, 0.25) is 0 Å². The maximum atomic E-state index is 6.02. The third-order valence-electron chi connectivity index (χ3n) is 5.72. The van der Waals surface area contributed by atoms with Crippen molar-refractivity contribution in [2.75, 3.05) is 19.8 Å². The predicted molar refractivity (Wildman–Crippen MR) is 136 cm³/mol. The summed E-state index contributed by atoms with van der Waals surface area (Å²) in [5, 5.41) is 0. The summed E-state index contributed by atoms with van der Waals surface area (Å²) in [5.41, 5.74) is 6.10. The van der Waals surface area contributed by atoms with Gasteiger partial charge in [0.2, 0.25) is 0 Å². The third kappa shape index (κ3) is 6.74. The molecule has 0 atom stereocenters. The summed E-state index contributed by atoms with van der Waals surface area (Å²) in [6.45, 7) is 10.4. The molecule has 1 aromatic heterocycles. The van der Waals surface area contributed by atoms with Gasteiger partial charge >= 0.3 is 0 Å². The molecule has 4 nitrogen and oxygen atoms in total. The lowest BCUT2D eigenvalue weighted by atomic mass is 9.94. The molecular formula is C29H37NO3. The summed E-state index contributed by atoms with van der Waals surface area (Å²) in [4.78, 5) is 4.86. The van der Waals surface area contributed by atoms with Crippen molar-refractivity contribution in [1.29, 1.82) is 0 Å². The van der Waals surface area contributed by atoms with Crippen LogP contribution in [-0.2, 0) is 19.3 Å². The minimum absolute atomic E-state index is 0.645.